The Morgan fingerprint density at radius 3 is 2.86 bits per heavy atom. The van der Waals surface area contributed by atoms with Crippen molar-refractivity contribution in [3.05, 3.63) is 23.0 Å². The highest BCUT2D eigenvalue weighted by Crippen LogP contribution is 2.25. The van der Waals surface area contributed by atoms with Crippen molar-refractivity contribution in [3.63, 3.8) is 0 Å². The molecule has 1 atom stereocenters. The minimum atomic E-state index is -3.98. The second-order valence-electron chi connectivity index (χ2n) is 4.99. The summed E-state index contributed by atoms with van der Waals surface area (Å²) < 4.78 is 45.9. The molecule has 8 heteroatoms. The Bertz CT molecular complexity index is 604. The molecule has 0 aliphatic carbocycles. The van der Waals surface area contributed by atoms with Gasteiger partial charge in [0.05, 0.1) is 11.1 Å². The van der Waals surface area contributed by atoms with Crippen LogP contribution < -0.4 is 10.5 Å². The second-order valence-corrected chi connectivity index (χ2v) is 7.13. The van der Waals surface area contributed by atoms with Crippen molar-refractivity contribution in [3.8, 4) is 0 Å². The minimum Gasteiger partial charge on any atom is -0.399 e. The number of anilines is 1. The first-order chi connectivity index (χ1) is 9.90. The number of nitrogens with one attached hydrogen (secondary N) is 1. The summed E-state index contributed by atoms with van der Waals surface area (Å²) in [5, 5.41) is -0.314. The van der Waals surface area contributed by atoms with Crippen LogP contribution in [0.15, 0.2) is 17.0 Å². The lowest BCUT2D eigenvalue weighted by molar-refractivity contribution is 0.0123. The highest BCUT2D eigenvalue weighted by atomic mass is 35.5. The molecule has 1 aliphatic heterocycles. The zero-order chi connectivity index (χ0) is 15.5. The fourth-order valence-electron chi connectivity index (χ4n) is 2.25. The molecule has 1 aromatic carbocycles. The molecule has 0 amide bonds. The van der Waals surface area contributed by atoms with Crippen LogP contribution >= 0.6 is 11.6 Å². The summed E-state index contributed by atoms with van der Waals surface area (Å²) in [7, 11) is -3.98. The molecule has 0 saturated carbocycles. The first kappa shape index (κ1) is 16.5. The standard InChI is InChI=1S/C13H18ClFN2O3S/c14-11-7-9(16)8-12(13(11)15)21(18,19)17-5-4-10-3-1-2-6-20-10/h7-8,10,17H,1-6,16H2. The molecule has 1 aromatic rings. The molecular weight excluding hydrogens is 319 g/mol. The molecule has 0 aromatic heterocycles. The van der Waals surface area contributed by atoms with E-state index in [-0.39, 0.29) is 23.4 Å². The van der Waals surface area contributed by atoms with Gasteiger partial charge in [-0.25, -0.2) is 17.5 Å². The van der Waals surface area contributed by atoms with E-state index in [0.29, 0.717) is 13.0 Å². The van der Waals surface area contributed by atoms with Crippen molar-refractivity contribution in [2.45, 2.75) is 36.7 Å². The fourth-order valence-corrected chi connectivity index (χ4v) is 3.71. The summed E-state index contributed by atoms with van der Waals surface area (Å²) >= 11 is 5.61. The first-order valence-electron chi connectivity index (χ1n) is 6.76. The molecule has 21 heavy (non-hydrogen) atoms. The topological polar surface area (TPSA) is 81.4 Å². The minimum absolute atomic E-state index is 0.0516. The Morgan fingerprint density at radius 1 is 1.43 bits per heavy atom. The van der Waals surface area contributed by atoms with Crippen LogP contribution in [-0.4, -0.2) is 27.7 Å². The van der Waals surface area contributed by atoms with E-state index < -0.39 is 20.7 Å². The van der Waals surface area contributed by atoms with Crippen molar-refractivity contribution in [2.24, 2.45) is 0 Å². The van der Waals surface area contributed by atoms with Crippen molar-refractivity contribution >= 4 is 27.3 Å². The molecule has 5 nitrogen and oxygen atoms in total. The molecule has 1 heterocycles. The van der Waals surface area contributed by atoms with E-state index in [1.54, 1.807) is 0 Å². The highest BCUT2D eigenvalue weighted by Gasteiger charge is 2.22. The summed E-state index contributed by atoms with van der Waals surface area (Å²) in [4.78, 5) is -0.530. The zero-order valence-electron chi connectivity index (χ0n) is 11.4. The van der Waals surface area contributed by atoms with Gasteiger partial charge in [-0.15, -0.1) is 0 Å². The predicted octanol–water partition coefficient (Wildman–Crippen LogP) is 2.30. The number of hydrogen-bond donors (Lipinski definition) is 2. The number of nitrogen functional groups attached to an aromatic ring is 1. The maximum atomic E-state index is 13.8. The number of halogens is 2. The highest BCUT2D eigenvalue weighted by molar-refractivity contribution is 7.89. The van der Waals surface area contributed by atoms with Crippen LogP contribution in [0.2, 0.25) is 5.02 Å². The third kappa shape index (κ3) is 4.29. The Kier molecular flexibility index (Phi) is 5.43. The van der Waals surface area contributed by atoms with Crippen LogP contribution in [0, 0.1) is 5.82 Å². The Hall–Kier alpha value is -0.890. The van der Waals surface area contributed by atoms with Gasteiger partial charge in [0.15, 0.2) is 5.82 Å². The van der Waals surface area contributed by atoms with Crippen LogP contribution in [0.25, 0.3) is 0 Å². The molecule has 0 spiro atoms. The van der Waals surface area contributed by atoms with Gasteiger partial charge in [0, 0.05) is 18.8 Å². The molecule has 1 fully saturated rings. The number of ether oxygens (including phenoxy) is 1. The van der Waals surface area contributed by atoms with Crippen molar-refractivity contribution in [1.82, 2.24) is 4.72 Å². The number of sulfonamides is 1. The van der Waals surface area contributed by atoms with E-state index in [1.807, 2.05) is 0 Å². The molecular formula is C13H18ClFN2O3S. The third-order valence-electron chi connectivity index (χ3n) is 3.34. The van der Waals surface area contributed by atoms with Crippen molar-refractivity contribution < 1.29 is 17.5 Å². The zero-order valence-corrected chi connectivity index (χ0v) is 13.0. The van der Waals surface area contributed by atoms with Crippen LogP contribution in [0.1, 0.15) is 25.7 Å². The van der Waals surface area contributed by atoms with Gasteiger partial charge in [-0.05, 0) is 37.8 Å². The Morgan fingerprint density at radius 2 is 2.19 bits per heavy atom. The van der Waals surface area contributed by atoms with E-state index in [0.717, 1.165) is 25.3 Å². The molecule has 118 valence electrons. The predicted molar refractivity (Wildman–Crippen MR) is 79.2 cm³/mol. The summed E-state index contributed by atoms with van der Waals surface area (Å²) in [6, 6.07) is 2.23. The van der Waals surface area contributed by atoms with Gasteiger partial charge in [0.2, 0.25) is 10.0 Å². The molecule has 1 saturated heterocycles. The van der Waals surface area contributed by atoms with Gasteiger partial charge < -0.3 is 10.5 Å². The monoisotopic (exact) mass is 336 g/mol. The van der Waals surface area contributed by atoms with E-state index in [1.165, 1.54) is 6.07 Å². The van der Waals surface area contributed by atoms with Crippen LogP contribution in [0.5, 0.6) is 0 Å². The molecule has 1 unspecified atom stereocenters. The quantitative estimate of drug-likeness (QED) is 0.808. The maximum absolute atomic E-state index is 13.8. The number of hydrogen-bond acceptors (Lipinski definition) is 4. The summed E-state index contributed by atoms with van der Waals surface area (Å²) in [6.45, 7) is 0.885. The molecule has 1 aliphatic rings. The van der Waals surface area contributed by atoms with E-state index in [2.05, 4.69) is 4.72 Å². The SMILES string of the molecule is Nc1cc(Cl)c(F)c(S(=O)(=O)NCCC2CCCCO2)c1. The molecule has 0 radical (unpaired) electrons. The number of rotatable bonds is 5. The lowest BCUT2D eigenvalue weighted by atomic mass is 10.1. The summed E-state index contributed by atoms with van der Waals surface area (Å²) in [5.41, 5.74) is 5.60. The van der Waals surface area contributed by atoms with Crippen LogP contribution in [-0.2, 0) is 14.8 Å². The largest absolute Gasteiger partial charge is 0.399 e. The maximum Gasteiger partial charge on any atom is 0.243 e. The average Bonchev–Trinajstić information content (AvgIpc) is 2.43. The molecule has 2 rings (SSSR count). The van der Waals surface area contributed by atoms with E-state index >= 15 is 0 Å². The first-order valence-corrected chi connectivity index (χ1v) is 8.62. The average molecular weight is 337 g/mol. The summed E-state index contributed by atoms with van der Waals surface area (Å²) in [5.74, 6) is -0.993. The van der Waals surface area contributed by atoms with Gasteiger partial charge in [0.25, 0.3) is 0 Å². The van der Waals surface area contributed by atoms with Crippen LogP contribution in [0.4, 0.5) is 10.1 Å². The Labute approximate surface area is 128 Å². The lowest BCUT2D eigenvalue weighted by Gasteiger charge is -2.22. The second kappa shape index (κ2) is 6.91. The lowest BCUT2D eigenvalue weighted by Crippen LogP contribution is -2.30. The number of benzene rings is 1. The van der Waals surface area contributed by atoms with Crippen LogP contribution in [0.3, 0.4) is 0 Å². The van der Waals surface area contributed by atoms with Gasteiger partial charge in [-0.2, -0.15) is 0 Å². The molecule has 0 bridgehead atoms. The molecule has 3 N–H and O–H groups in total. The van der Waals surface area contributed by atoms with Crippen molar-refractivity contribution in [1.29, 1.82) is 0 Å². The van der Waals surface area contributed by atoms with Gasteiger partial charge in [-0.3, -0.25) is 0 Å². The van der Waals surface area contributed by atoms with Gasteiger partial charge >= 0.3 is 0 Å². The normalized spacial score (nSPS) is 19.6. The van der Waals surface area contributed by atoms with E-state index in [4.69, 9.17) is 22.1 Å². The smallest absolute Gasteiger partial charge is 0.243 e. The Balaban J connectivity index is 2.01. The van der Waals surface area contributed by atoms with E-state index in [9.17, 15) is 12.8 Å². The third-order valence-corrected chi connectivity index (χ3v) is 5.07. The van der Waals surface area contributed by atoms with Gasteiger partial charge in [-0.1, -0.05) is 11.6 Å². The van der Waals surface area contributed by atoms with Gasteiger partial charge in [0.1, 0.15) is 4.90 Å². The van der Waals surface area contributed by atoms with Crippen molar-refractivity contribution in [2.75, 3.05) is 18.9 Å². The summed E-state index contributed by atoms with van der Waals surface area (Å²) in [6.07, 6.45) is 3.64. The fraction of sp³-hybridized carbons (Fsp3) is 0.538. The number of nitrogens with two attached hydrogens (primary N) is 1.